The number of ether oxygens (including phenoxy) is 6. The summed E-state index contributed by atoms with van der Waals surface area (Å²) in [5.41, 5.74) is 0. The fourth-order valence-electron chi connectivity index (χ4n) is 2.11. The highest BCUT2D eigenvalue weighted by molar-refractivity contribution is 4.45. The largest absolute Gasteiger partial charge is 0.379 e. The van der Waals surface area contributed by atoms with Crippen LogP contribution in [0.4, 0.5) is 0 Å². The lowest BCUT2D eigenvalue weighted by Gasteiger charge is -2.09. The molecular formula is C21H44O6. The van der Waals surface area contributed by atoms with Crippen LogP contribution in [0.2, 0.25) is 0 Å². The van der Waals surface area contributed by atoms with Crippen LogP contribution in [0.3, 0.4) is 0 Å². The van der Waals surface area contributed by atoms with E-state index in [4.69, 9.17) is 28.4 Å². The molecule has 164 valence electrons. The van der Waals surface area contributed by atoms with Gasteiger partial charge in [0, 0.05) is 13.2 Å². The Bertz CT molecular complexity index is 247. The smallest absolute Gasteiger partial charge is 0.0701 e. The Morgan fingerprint density at radius 3 is 1.00 bits per heavy atom. The highest BCUT2D eigenvalue weighted by Crippen LogP contribution is 2.02. The Labute approximate surface area is 167 Å². The average molecular weight is 393 g/mol. The maximum Gasteiger partial charge on any atom is 0.0701 e. The zero-order chi connectivity index (χ0) is 20.0. The van der Waals surface area contributed by atoms with Gasteiger partial charge in [0.2, 0.25) is 0 Å². The van der Waals surface area contributed by atoms with Crippen molar-refractivity contribution in [2.24, 2.45) is 11.8 Å². The topological polar surface area (TPSA) is 55.4 Å². The summed E-state index contributed by atoms with van der Waals surface area (Å²) in [5.74, 6) is 1.43. The molecule has 6 nitrogen and oxygen atoms in total. The zero-order valence-corrected chi connectivity index (χ0v) is 18.2. The van der Waals surface area contributed by atoms with Crippen LogP contribution < -0.4 is 0 Å². The second-order valence-electron chi connectivity index (χ2n) is 7.39. The Hall–Kier alpha value is -0.240. The number of rotatable bonds is 22. The normalized spacial score (nSPS) is 11.8. The van der Waals surface area contributed by atoms with E-state index in [-0.39, 0.29) is 0 Å². The van der Waals surface area contributed by atoms with Gasteiger partial charge in [-0.2, -0.15) is 0 Å². The molecule has 0 spiro atoms. The minimum Gasteiger partial charge on any atom is -0.379 e. The van der Waals surface area contributed by atoms with Crippen LogP contribution in [-0.4, -0.2) is 79.3 Å². The number of hydrogen-bond acceptors (Lipinski definition) is 6. The van der Waals surface area contributed by atoms with Gasteiger partial charge in [-0.25, -0.2) is 0 Å². The molecule has 0 aliphatic rings. The van der Waals surface area contributed by atoms with Crippen molar-refractivity contribution in [3.05, 3.63) is 0 Å². The van der Waals surface area contributed by atoms with Crippen molar-refractivity contribution in [2.75, 3.05) is 79.3 Å². The van der Waals surface area contributed by atoms with Gasteiger partial charge in [0.1, 0.15) is 0 Å². The van der Waals surface area contributed by atoms with E-state index in [0.29, 0.717) is 72.0 Å². The molecular weight excluding hydrogens is 348 g/mol. The fraction of sp³-hybridized carbons (Fsp3) is 1.00. The van der Waals surface area contributed by atoms with E-state index in [1.807, 2.05) is 0 Å². The van der Waals surface area contributed by atoms with Gasteiger partial charge < -0.3 is 28.4 Å². The summed E-state index contributed by atoms with van der Waals surface area (Å²) in [4.78, 5) is 0. The van der Waals surface area contributed by atoms with E-state index in [0.717, 1.165) is 32.0 Å². The predicted molar refractivity (Wildman–Crippen MR) is 108 cm³/mol. The second kappa shape index (κ2) is 22.1. The number of hydrogen-bond donors (Lipinski definition) is 0. The lowest BCUT2D eigenvalue weighted by molar-refractivity contribution is -0.0172. The summed E-state index contributed by atoms with van der Waals surface area (Å²) in [7, 11) is 0. The van der Waals surface area contributed by atoms with Gasteiger partial charge in [-0.3, -0.25) is 0 Å². The predicted octanol–water partition coefficient (Wildman–Crippen LogP) is 3.57. The molecule has 0 amide bonds. The van der Waals surface area contributed by atoms with Crippen LogP contribution in [0.15, 0.2) is 0 Å². The quantitative estimate of drug-likeness (QED) is 0.263. The van der Waals surface area contributed by atoms with Crippen molar-refractivity contribution in [3.63, 3.8) is 0 Å². The van der Waals surface area contributed by atoms with Crippen molar-refractivity contribution in [3.8, 4) is 0 Å². The summed E-state index contributed by atoms with van der Waals surface area (Å²) < 4.78 is 32.8. The van der Waals surface area contributed by atoms with Gasteiger partial charge in [0.05, 0.1) is 66.1 Å². The van der Waals surface area contributed by atoms with Crippen LogP contribution in [0.1, 0.15) is 47.0 Å². The molecule has 0 radical (unpaired) electrons. The second-order valence-corrected chi connectivity index (χ2v) is 7.39. The van der Waals surface area contributed by atoms with Crippen LogP contribution in [0.5, 0.6) is 0 Å². The summed E-state index contributed by atoms with van der Waals surface area (Å²) >= 11 is 0. The molecule has 0 aliphatic carbocycles. The molecule has 0 aromatic heterocycles. The van der Waals surface area contributed by atoms with Crippen molar-refractivity contribution < 1.29 is 28.4 Å². The van der Waals surface area contributed by atoms with Crippen LogP contribution in [0, 0.1) is 11.8 Å². The third kappa shape index (κ3) is 25.8. The SMILES string of the molecule is CC(C)CCCOCCOCCOCCOCCOCCOCCC(C)C. The van der Waals surface area contributed by atoms with Crippen molar-refractivity contribution in [1.29, 1.82) is 0 Å². The highest BCUT2D eigenvalue weighted by Gasteiger charge is 1.96. The summed E-state index contributed by atoms with van der Waals surface area (Å²) in [6.45, 7) is 16.5. The Morgan fingerprint density at radius 2 is 0.667 bits per heavy atom. The molecule has 0 saturated heterocycles. The molecule has 0 aliphatic heterocycles. The molecule has 0 heterocycles. The van der Waals surface area contributed by atoms with Gasteiger partial charge in [-0.1, -0.05) is 27.7 Å². The molecule has 0 aromatic rings. The summed E-state index contributed by atoms with van der Waals surface area (Å²) in [6.07, 6.45) is 3.44. The van der Waals surface area contributed by atoms with E-state index in [9.17, 15) is 0 Å². The molecule has 0 aromatic carbocycles. The lowest BCUT2D eigenvalue weighted by Crippen LogP contribution is -2.14. The maximum atomic E-state index is 5.51. The standard InChI is InChI=1S/C21H44O6/c1-20(2)6-5-8-22-10-12-24-14-16-26-18-19-27-17-15-25-13-11-23-9-7-21(3)4/h20-21H,5-19H2,1-4H3. The van der Waals surface area contributed by atoms with E-state index in [1.54, 1.807) is 0 Å². The molecule has 0 bridgehead atoms. The molecule has 0 N–H and O–H groups in total. The average Bonchev–Trinajstić information content (AvgIpc) is 2.62. The molecule has 0 saturated carbocycles. The van der Waals surface area contributed by atoms with Gasteiger partial charge >= 0.3 is 0 Å². The van der Waals surface area contributed by atoms with Crippen molar-refractivity contribution >= 4 is 0 Å². The zero-order valence-electron chi connectivity index (χ0n) is 18.2. The third-order valence-electron chi connectivity index (χ3n) is 3.77. The maximum absolute atomic E-state index is 5.51. The fourth-order valence-corrected chi connectivity index (χ4v) is 2.11. The Balaban J connectivity index is 2.99. The highest BCUT2D eigenvalue weighted by atomic mass is 16.6. The monoisotopic (exact) mass is 392 g/mol. The van der Waals surface area contributed by atoms with Crippen molar-refractivity contribution in [2.45, 2.75) is 47.0 Å². The Morgan fingerprint density at radius 1 is 0.370 bits per heavy atom. The van der Waals surface area contributed by atoms with Crippen LogP contribution in [0.25, 0.3) is 0 Å². The van der Waals surface area contributed by atoms with Gasteiger partial charge in [-0.05, 0) is 31.1 Å². The van der Waals surface area contributed by atoms with E-state index < -0.39 is 0 Å². The first-order valence-electron chi connectivity index (χ1n) is 10.6. The first kappa shape index (κ1) is 26.8. The first-order valence-corrected chi connectivity index (χ1v) is 10.6. The van der Waals surface area contributed by atoms with Gasteiger partial charge in [0.15, 0.2) is 0 Å². The summed E-state index contributed by atoms with van der Waals surface area (Å²) in [5, 5.41) is 0. The molecule has 0 unspecified atom stereocenters. The van der Waals surface area contributed by atoms with Crippen LogP contribution in [-0.2, 0) is 28.4 Å². The Kier molecular flexibility index (Phi) is 21.9. The molecule has 0 atom stereocenters. The van der Waals surface area contributed by atoms with Crippen molar-refractivity contribution in [1.82, 2.24) is 0 Å². The third-order valence-corrected chi connectivity index (χ3v) is 3.77. The molecule has 27 heavy (non-hydrogen) atoms. The van der Waals surface area contributed by atoms with E-state index in [1.165, 1.54) is 6.42 Å². The van der Waals surface area contributed by atoms with E-state index >= 15 is 0 Å². The lowest BCUT2D eigenvalue weighted by atomic mass is 10.1. The molecule has 6 heteroatoms. The van der Waals surface area contributed by atoms with Crippen LogP contribution >= 0.6 is 0 Å². The minimum atomic E-state index is 0.577. The van der Waals surface area contributed by atoms with Gasteiger partial charge in [0.25, 0.3) is 0 Å². The summed E-state index contributed by atoms with van der Waals surface area (Å²) in [6, 6.07) is 0. The molecule has 0 rings (SSSR count). The molecule has 0 fully saturated rings. The van der Waals surface area contributed by atoms with Gasteiger partial charge in [-0.15, -0.1) is 0 Å². The van der Waals surface area contributed by atoms with E-state index in [2.05, 4.69) is 27.7 Å². The first-order chi connectivity index (χ1) is 13.1. The minimum absolute atomic E-state index is 0.577.